The molecule has 2 amide bonds. The summed E-state index contributed by atoms with van der Waals surface area (Å²) in [6.07, 6.45) is 1.04. The lowest BCUT2D eigenvalue weighted by Crippen LogP contribution is -2.52. The maximum atomic E-state index is 13.7. The lowest BCUT2D eigenvalue weighted by Gasteiger charge is -2.37. The number of nitrogen functional groups attached to an aromatic ring is 1. The van der Waals surface area contributed by atoms with Crippen molar-refractivity contribution >= 4 is 38.7 Å². The van der Waals surface area contributed by atoms with E-state index < -0.39 is 15.7 Å². The summed E-state index contributed by atoms with van der Waals surface area (Å²) in [5.41, 5.74) is 8.75. The van der Waals surface area contributed by atoms with Crippen molar-refractivity contribution in [3.05, 3.63) is 83.7 Å². The Labute approximate surface area is 216 Å². The van der Waals surface area contributed by atoms with E-state index in [-0.39, 0.29) is 23.3 Å². The van der Waals surface area contributed by atoms with Crippen LogP contribution in [0.4, 0.5) is 21.5 Å². The van der Waals surface area contributed by atoms with E-state index in [0.717, 1.165) is 17.9 Å². The van der Waals surface area contributed by atoms with E-state index in [0.29, 0.717) is 48.8 Å². The van der Waals surface area contributed by atoms with Gasteiger partial charge < -0.3 is 15.5 Å². The van der Waals surface area contributed by atoms with Crippen LogP contribution in [0.25, 0.3) is 0 Å². The summed E-state index contributed by atoms with van der Waals surface area (Å²) in [6.45, 7) is 3.08. The number of benzene rings is 3. The molecule has 1 aliphatic rings. The van der Waals surface area contributed by atoms with Gasteiger partial charge >= 0.3 is 0 Å². The van der Waals surface area contributed by atoms with Crippen LogP contribution in [0, 0.1) is 12.7 Å². The standard InChI is InChI=1S/C27H29FN4O4S/c1-19-8-9-20(16-23(19)29)27(34)32(22-6-4-3-5-7-22)18-26(33)31-14-12-30(13-15-31)24-11-10-21(28)17-25(24)37(2,35)36/h3-11,16-17H,12-15,18,29H2,1-2H3. The normalized spacial score (nSPS) is 13.9. The Morgan fingerprint density at radius 1 is 0.973 bits per heavy atom. The quantitative estimate of drug-likeness (QED) is 0.497. The van der Waals surface area contributed by atoms with Crippen LogP contribution < -0.4 is 15.5 Å². The molecule has 0 spiro atoms. The third-order valence-corrected chi connectivity index (χ3v) is 7.55. The number of nitrogens with zero attached hydrogens (tertiary/aromatic N) is 3. The fourth-order valence-corrected chi connectivity index (χ4v) is 5.20. The first-order valence-electron chi connectivity index (χ1n) is 11.8. The SMILES string of the molecule is Cc1ccc(C(=O)N(CC(=O)N2CCN(c3ccc(F)cc3S(C)(=O)=O)CC2)c2ccccc2)cc1N. The van der Waals surface area contributed by atoms with Gasteiger partial charge in [-0.1, -0.05) is 24.3 Å². The molecule has 0 aromatic heterocycles. The third-order valence-electron chi connectivity index (χ3n) is 6.43. The highest BCUT2D eigenvalue weighted by Crippen LogP contribution is 2.27. The van der Waals surface area contributed by atoms with Gasteiger partial charge in [-0.3, -0.25) is 14.5 Å². The van der Waals surface area contributed by atoms with E-state index in [1.54, 1.807) is 47.4 Å². The number of rotatable bonds is 6. The van der Waals surface area contributed by atoms with E-state index in [4.69, 9.17) is 5.73 Å². The molecule has 1 fully saturated rings. The zero-order chi connectivity index (χ0) is 26.7. The maximum Gasteiger partial charge on any atom is 0.258 e. The molecule has 3 aromatic rings. The molecule has 10 heteroatoms. The number of hydrogen-bond donors (Lipinski definition) is 1. The molecule has 1 heterocycles. The summed E-state index contributed by atoms with van der Waals surface area (Å²) in [5.74, 6) is -1.20. The predicted octanol–water partition coefficient (Wildman–Crippen LogP) is 3.12. The number of hydrogen-bond acceptors (Lipinski definition) is 6. The number of halogens is 1. The summed E-state index contributed by atoms with van der Waals surface area (Å²) < 4.78 is 38.1. The zero-order valence-electron chi connectivity index (χ0n) is 20.7. The van der Waals surface area contributed by atoms with Gasteiger partial charge in [0.25, 0.3) is 5.91 Å². The average Bonchev–Trinajstić information content (AvgIpc) is 2.88. The predicted molar refractivity (Wildman–Crippen MR) is 142 cm³/mol. The van der Waals surface area contributed by atoms with Crippen molar-refractivity contribution in [1.29, 1.82) is 0 Å². The molecule has 37 heavy (non-hydrogen) atoms. The fraction of sp³-hybridized carbons (Fsp3) is 0.259. The molecule has 194 valence electrons. The molecule has 1 saturated heterocycles. The van der Waals surface area contributed by atoms with E-state index in [1.165, 1.54) is 17.0 Å². The van der Waals surface area contributed by atoms with Gasteiger partial charge in [0.2, 0.25) is 5.91 Å². The minimum absolute atomic E-state index is 0.0782. The number of piperazine rings is 1. The number of sulfone groups is 1. The Bertz CT molecular complexity index is 1420. The number of para-hydroxylation sites is 1. The lowest BCUT2D eigenvalue weighted by atomic mass is 10.1. The van der Waals surface area contributed by atoms with E-state index in [9.17, 15) is 22.4 Å². The first-order valence-corrected chi connectivity index (χ1v) is 13.7. The Hall–Kier alpha value is -3.92. The molecule has 4 rings (SSSR count). The molecule has 8 nitrogen and oxygen atoms in total. The second kappa shape index (κ2) is 10.6. The van der Waals surface area contributed by atoms with Crippen molar-refractivity contribution in [3.8, 4) is 0 Å². The minimum Gasteiger partial charge on any atom is -0.398 e. The van der Waals surface area contributed by atoms with Crippen LogP contribution in [0.1, 0.15) is 15.9 Å². The Balaban J connectivity index is 1.50. The molecule has 0 aliphatic carbocycles. The molecule has 0 radical (unpaired) electrons. The van der Waals surface area contributed by atoms with E-state index in [1.807, 2.05) is 17.9 Å². The molecular formula is C27H29FN4O4S. The number of carbonyl (C=O) groups excluding carboxylic acids is 2. The summed E-state index contributed by atoms with van der Waals surface area (Å²) in [7, 11) is -3.64. The van der Waals surface area contributed by atoms with Crippen LogP contribution in [0.5, 0.6) is 0 Å². The summed E-state index contributed by atoms with van der Waals surface area (Å²) >= 11 is 0. The van der Waals surface area contributed by atoms with Gasteiger partial charge in [-0.15, -0.1) is 0 Å². The molecule has 3 aromatic carbocycles. The van der Waals surface area contributed by atoms with Crippen LogP contribution in [-0.2, 0) is 14.6 Å². The lowest BCUT2D eigenvalue weighted by molar-refractivity contribution is -0.129. The highest BCUT2D eigenvalue weighted by atomic mass is 32.2. The second-order valence-corrected chi connectivity index (χ2v) is 11.0. The van der Waals surface area contributed by atoms with Crippen molar-refractivity contribution in [2.24, 2.45) is 0 Å². The Morgan fingerprint density at radius 3 is 2.27 bits per heavy atom. The van der Waals surface area contributed by atoms with Crippen LogP contribution in [0.3, 0.4) is 0 Å². The van der Waals surface area contributed by atoms with Gasteiger partial charge in [0, 0.05) is 49.4 Å². The zero-order valence-corrected chi connectivity index (χ0v) is 21.5. The largest absolute Gasteiger partial charge is 0.398 e. The Kier molecular flexibility index (Phi) is 7.49. The number of nitrogens with two attached hydrogens (primary N) is 1. The van der Waals surface area contributed by atoms with E-state index in [2.05, 4.69) is 0 Å². The third kappa shape index (κ3) is 5.91. The smallest absolute Gasteiger partial charge is 0.258 e. The van der Waals surface area contributed by atoms with Crippen LogP contribution in [-0.4, -0.2) is 64.1 Å². The maximum absolute atomic E-state index is 13.7. The molecule has 0 unspecified atom stereocenters. The monoisotopic (exact) mass is 524 g/mol. The van der Waals surface area contributed by atoms with Crippen molar-refractivity contribution in [2.75, 3.05) is 54.5 Å². The first-order chi connectivity index (χ1) is 17.5. The van der Waals surface area contributed by atoms with Gasteiger partial charge in [-0.25, -0.2) is 12.8 Å². The number of carbonyl (C=O) groups is 2. The van der Waals surface area contributed by atoms with Crippen molar-refractivity contribution in [1.82, 2.24) is 4.90 Å². The average molecular weight is 525 g/mol. The van der Waals surface area contributed by atoms with Gasteiger partial charge in [0.1, 0.15) is 12.4 Å². The molecule has 0 bridgehead atoms. The minimum atomic E-state index is -3.64. The number of amides is 2. The van der Waals surface area contributed by atoms with Crippen LogP contribution in [0.2, 0.25) is 0 Å². The topological polar surface area (TPSA) is 104 Å². The van der Waals surface area contributed by atoms with Gasteiger partial charge in [0.05, 0.1) is 10.6 Å². The highest BCUT2D eigenvalue weighted by Gasteiger charge is 2.28. The van der Waals surface area contributed by atoms with Gasteiger partial charge in [-0.05, 0) is 55.0 Å². The summed E-state index contributed by atoms with van der Waals surface area (Å²) in [6, 6.07) is 17.7. The molecule has 0 saturated carbocycles. The molecule has 2 N–H and O–H groups in total. The van der Waals surface area contributed by atoms with Crippen molar-refractivity contribution in [2.45, 2.75) is 11.8 Å². The van der Waals surface area contributed by atoms with Crippen molar-refractivity contribution < 1.29 is 22.4 Å². The summed E-state index contributed by atoms with van der Waals surface area (Å²) in [5, 5.41) is 0. The Morgan fingerprint density at radius 2 is 1.65 bits per heavy atom. The number of anilines is 3. The highest BCUT2D eigenvalue weighted by molar-refractivity contribution is 7.90. The summed E-state index contributed by atoms with van der Waals surface area (Å²) in [4.78, 5) is 31.5. The first kappa shape index (κ1) is 26.2. The van der Waals surface area contributed by atoms with Crippen LogP contribution in [0.15, 0.2) is 71.6 Å². The molecular weight excluding hydrogens is 495 g/mol. The van der Waals surface area contributed by atoms with Gasteiger partial charge in [0.15, 0.2) is 9.84 Å². The van der Waals surface area contributed by atoms with Crippen molar-refractivity contribution in [3.63, 3.8) is 0 Å². The van der Waals surface area contributed by atoms with Crippen LogP contribution >= 0.6 is 0 Å². The second-order valence-electron chi connectivity index (χ2n) is 9.05. The number of aryl methyl sites for hydroxylation is 1. The molecule has 0 atom stereocenters. The molecule has 1 aliphatic heterocycles. The van der Waals surface area contributed by atoms with E-state index >= 15 is 0 Å². The van der Waals surface area contributed by atoms with Gasteiger partial charge in [-0.2, -0.15) is 0 Å². The fourth-order valence-electron chi connectivity index (χ4n) is 4.30.